The first-order chi connectivity index (χ1) is 11.0. The van der Waals surface area contributed by atoms with Crippen LogP contribution >= 0.6 is 0 Å². The Kier molecular flexibility index (Phi) is 4.18. The Hall–Kier alpha value is -2.58. The molecule has 0 unspecified atom stereocenters. The molecule has 0 aliphatic rings. The minimum Gasteiger partial charge on any atom is -0.334 e. The van der Waals surface area contributed by atoms with Crippen LogP contribution in [-0.4, -0.2) is 23.5 Å². The van der Waals surface area contributed by atoms with Gasteiger partial charge in [-0.3, -0.25) is 4.98 Å². The molecule has 0 saturated heterocycles. The lowest BCUT2D eigenvalue weighted by Gasteiger charge is -2.07. The number of sulfonamides is 1. The van der Waals surface area contributed by atoms with Crippen LogP contribution in [0.5, 0.6) is 0 Å². The van der Waals surface area contributed by atoms with Crippen LogP contribution < -0.4 is 4.72 Å². The Balaban J connectivity index is 1.75. The number of benzene rings is 1. The fourth-order valence-corrected chi connectivity index (χ4v) is 2.97. The quantitative estimate of drug-likeness (QED) is 0.767. The number of hydrogen-bond donors (Lipinski definition) is 1. The van der Waals surface area contributed by atoms with E-state index in [1.54, 1.807) is 43.6 Å². The molecule has 0 spiro atoms. The Bertz CT molecular complexity index is 890. The lowest BCUT2D eigenvalue weighted by atomic mass is 10.2. The molecular weight excluding hydrogens is 316 g/mol. The molecule has 0 radical (unpaired) electrons. The monoisotopic (exact) mass is 330 g/mol. The van der Waals surface area contributed by atoms with Crippen molar-refractivity contribution in [3.8, 4) is 11.5 Å². The number of aromatic nitrogens is 3. The third-order valence-electron chi connectivity index (χ3n) is 3.15. The van der Waals surface area contributed by atoms with Gasteiger partial charge in [-0.25, -0.2) is 13.1 Å². The van der Waals surface area contributed by atoms with Crippen molar-refractivity contribution in [2.45, 2.75) is 18.4 Å². The molecular formula is C15H14N4O3S. The van der Waals surface area contributed by atoms with Gasteiger partial charge in [-0.1, -0.05) is 5.16 Å². The lowest BCUT2D eigenvalue weighted by molar-refractivity contribution is 0.425. The highest BCUT2D eigenvalue weighted by molar-refractivity contribution is 7.89. The zero-order valence-electron chi connectivity index (χ0n) is 12.3. The van der Waals surface area contributed by atoms with Crippen molar-refractivity contribution in [2.24, 2.45) is 0 Å². The molecule has 0 bridgehead atoms. The molecule has 2 heterocycles. The minimum atomic E-state index is -3.59. The van der Waals surface area contributed by atoms with Crippen molar-refractivity contribution in [3.63, 3.8) is 0 Å². The second-order valence-corrected chi connectivity index (χ2v) is 6.62. The number of aryl methyl sites for hydroxylation is 1. The van der Waals surface area contributed by atoms with Crippen LogP contribution in [0, 0.1) is 6.92 Å². The summed E-state index contributed by atoms with van der Waals surface area (Å²) >= 11 is 0. The lowest BCUT2D eigenvalue weighted by Crippen LogP contribution is -2.23. The van der Waals surface area contributed by atoms with Crippen molar-refractivity contribution < 1.29 is 12.9 Å². The van der Waals surface area contributed by atoms with E-state index < -0.39 is 10.0 Å². The number of nitrogens with zero attached hydrogens (tertiary/aromatic N) is 3. The van der Waals surface area contributed by atoms with E-state index in [1.165, 1.54) is 12.1 Å². The summed E-state index contributed by atoms with van der Waals surface area (Å²) in [6.07, 6.45) is 3.23. The maximum absolute atomic E-state index is 12.3. The summed E-state index contributed by atoms with van der Waals surface area (Å²) in [7, 11) is -3.59. The van der Waals surface area contributed by atoms with Gasteiger partial charge in [0.25, 0.3) is 5.89 Å². The zero-order chi connectivity index (χ0) is 16.3. The largest absolute Gasteiger partial charge is 0.334 e. The average Bonchev–Trinajstić information content (AvgIpc) is 3.01. The van der Waals surface area contributed by atoms with Gasteiger partial charge in [-0.2, -0.15) is 4.98 Å². The maximum Gasteiger partial charge on any atom is 0.257 e. The van der Waals surface area contributed by atoms with E-state index in [-0.39, 0.29) is 11.4 Å². The van der Waals surface area contributed by atoms with Gasteiger partial charge in [0.2, 0.25) is 10.0 Å². The van der Waals surface area contributed by atoms with Crippen molar-refractivity contribution >= 4 is 10.0 Å². The van der Waals surface area contributed by atoms with Crippen molar-refractivity contribution in [1.29, 1.82) is 0 Å². The maximum atomic E-state index is 12.3. The van der Waals surface area contributed by atoms with Crippen LogP contribution in [0.1, 0.15) is 11.4 Å². The topological polar surface area (TPSA) is 98.0 Å². The van der Waals surface area contributed by atoms with Crippen molar-refractivity contribution in [1.82, 2.24) is 19.8 Å². The highest BCUT2D eigenvalue weighted by atomic mass is 32.2. The first-order valence-corrected chi connectivity index (χ1v) is 8.32. The normalized spacial score (nSPS) is 11.5. The highest BCUT2D eigenvalue weighted by Gasteiger charge is 2.14. The van der Waals surface area contributed by atoms with Gasteiger partial charge in [0.1, 0.15) is 0 Å². The zero-order valence-corrected chi connectivity index (χ0v) is 13.1. The Morgan fingerprint density at radius 3 is 2.39 bits per heavy atom. The van der Waals surface area contributed by atoms with Crippen molar-refractivity contribution in [3.05, 3.63) is 60.2 Å². The van der Waals surface area contributed by atoms with Gasteiger partial charge in [-0.15, -0.1) is 0 Å². The first kappa shape index (κ1) is 15.3. The highest BCUT2D eigenvalue weighted by Crippen LogP contribution is 2.19. The first-order valence-electron chi connectivity index (χ1n) is 6.84. The van der Waals surface area contributed by atoms with E-state index in [1.807, 2.05) is 0 Å². The molecule has 0 atom stereocenters. The molecule has 1 N–H and O–H groups in total. The fourth-order valence-electron chi connectivity index (χ4n) is 1.95. The molecule has 118 valence electrons. The number of rotatable bonds is 5. The molecule has 0 fully saturated rings. The summed E-state index contributed by atoms with van der Waals surface area (Å²) in [4.78, 5) is 8.16. The van der Waals surface area contributed by atoms with E-state index in [2.05, 4.69) is 19.8 Å². The number of nitrogens with one attached hydrogen (secondary N) is 1. The van der Waals surface area contributed by atoms with E-state index in [0.717, 1.165) is 5.56 Å². The van der Waals surface area contributed by atoms with E-state index in [4.69, 9.17) is 4.52 Å². The van der Waals surface area contributed by atoms with Crippen LogP contribution in [0.3, 0.4) is 0 Å². The van der Waals surface area contributed by atoms with Crippen molar-refractivity contribution in [2.75, 3.05) is 0 Å². The SMILES string of the molecule is Cc1noc(-c2ccc(S(=O)(=O)NCc3ccncc3)cc2)n1. The van der Waals surface area contributed by atoms with Gasteiger partial charge < -0.3 is 4.52 Å². The van der Waals surface area contributed by atoms with E-state index >= 15 is 0 Å². The molecule has 2 aromatic heterocycles. The van der Waals surface area contributed by atoms with Crippen LogP contribution in [0.25, 0.3) is 11.5 Å². The molecule has 0 saturated carbocycles. The fraction of sp³-hybridized carbons (Fsp3) is 0.133. The van der Waals surface area contributed by atoms with Gasteiger partial charge in [0.15, 0.2) is 5.82 Å². The molecule has 0 aliphatic carbocycles. The van der Waals surface area contributed by atoms with Crippen LogP contribution in [0.15, 0.2) is 58.2 Å². The summed E-state index contributed by atoms with van der Waals surface area (Å²) in [5.41, 5.74) is 1.50. The molecule has 3 aromatic rings. The number of pyridine rings is 1. The molecule has 1 aromatic carbocycles. The van der Waals surface area contributed by atoms with Gasteiger partial charge >= 0.3 is 0 Å². The predicted molar refractivity (Wildman–Crippen MR) is 82.7 cm³/mol. The third-order valence-corrected chi connectivity index (χ3v) is 4.57. The summed E-state index contributed by atoms with van der Waals surface area (Å²) in [6.45, 7) is 1.92. The molecule has 0 amide bonds. The summed E-state index contributed by atoms with van der Waals surface area (Å²) in [6, 6.07) is 9.78. The molecule has 8 heteroatoms. The Morgan fingerprint density at radius 2 is 1.78 bits per heavy atom. The second kappa shape index (κ2) is 6.27. The summed E-state index contributed by atoms with van der Waals surface area (Å²) in [5, 5.41) is 3.71. The average molecular weight is 330 g/mol. The standard InChI is InChI=1S/C15H14N4O3S/c1-11-18-15(22-19-11)13-2-4-14(5-3-13)23(20,21)17-10-12-6-8-16-9-7-12/h2-9,17H,10H2,1H3. The van der Waals surface area contributed by atoms with Gasteiger partial charge in [0.05, 0.1) is 4.90 Å². The van der Waals surface area contributed by atoms with Crippen LogP contribution in [0.4, 0.5) is 0 Å². The van der Waals surface area contributed by atoms with Crippen LogP contribution in [0.2, 0.25) is 0 Å². The van der Waals surface area contributed by atoms with E-state index in [9.17, 15) is 8.42 Å². The predicted octanol–water partition coefficient (Wildman–Crippen LogP) is 1.92. The van der Waals surface area contributed by atoms with Gasteiger partial charge in [0, 0.05) is 24.5 Å². The minimum absolute atomic E-state index is 0.173. The summed E-state index contributed by atoms with van der Waals surface area (Å²) in [5.74, 6) is 0.881. The molecule has 23 heavy (non-hydrogen) atoms. The van der Waals surface area contributed by atoms with Crippen LogP contribution in [-0.2, 0) is 16.6 Å². The number of hydrogen-bond acceptors (Lipinski definition) is 6. The second-order valence-electron chi connectivity index (χ2n) is 4.85. The Labute approximate surface area is 133 Å². The van der Waals surface area contributed by atoms with Gasteiger partial charge in [-0.05, 0) is 48.9 Å². The molecule has 0 aliphatic heterocycles. The Morgan fingerprint density at radius 1 is 1.09 bits per heavy atom. The third kappa shape index (κ3) is 3.61. The summed E-state index contributed by atoms with van der Waals surface area (Å²) < 4.78 is 32.2. The molecule has 7 nitrogen and oxygen atoms in total. The molecule has 3 rings (SSSR count). The smallest absolute Gasteiger partial charge is 0.257 e. The van der Waals surface area contributed by atoms with E-state index in [0.29, 0.717) is 17.3 Å².